The van der Waals surface area contributed by atoms with E-state index in [0.29, 0.717) is 17.7 Å². The Labute approximate surface area is 96.2 Å². The van der Waals surface area contributed by atoms with Crippen LogP contribution in [0.15, 0.2) is 24.3 Å². The molecule has 0 aromatic heterocycles. The maximum absolute atomic E-state index is 10.6. The molecule has 0 radical (unpaired) electrons. The average Bonchev–Trinajstić information content (AvgIpc) is 2.18. The number of carboxylic acid groups (broad SMARTS) is 1. The van der Waals surface area contributed by atoms with Crippen molar-refractivity contribution in [1.82, 2.24) is 0 Å². The molecule has 0 aliphatic carbocycles. The van der Waals surface area contributed by atoms with Gasteiger partial charge in [-0.05, 0) is 40.0 Å². The molecule has 5 heteroatoms. The first-order valence-electron chi connectivity index (χ1n) is 4.39. The van der Waals surface area contributed by atoms with Gasteiger partial charge >= 0.3 is 5.97 Å². The van der Waals surface area contributed by atoms with Gasteiger partial charge in [-0.15, -0.1) is 0 Å². The van der Waals surface area contributed by atoms with Crippen molar-refractivity contribution in [3.63, 3.8) is 0 Å². The smallest absolute Gasteiger partial charge is 0.320 e. The lowest BCUT2D eigenvalue weighted by Crippen LogP contribution is -2.32. The Hall–Kier alpha value is -1.07. The number of nitrogens with two attached hydrogens (primary N) is 1. The predicted octanol–water partition coefficient (Wildman–Crippen LogP) is 1.37. The van der Waals surface area contributed by atoms with E-state index in [1.54, 1.807) is 12.1 Å². The number of halogens is 1. The second-order valence-corrected chi connectivity index (χ2v) is 3.51. The second kappa shape index (κ2) is 5.72. The zero-order chi connectivity index (χ0) is 11.3. The highest BCUT2D eigenvalue weighted by Crippen LogP contribution is 2.14. The third-order valence-electron chi connectivity index (χ3n) is 1.89. The highest BCUT2D eigenvalue weighted by atomic mass is 79.9. The van der Waals surface area contributed by atoms with Crippen LogP contribution >= 0.6 is 15.9 Å². The number of carboxylic acids is 1. The molecule has 1 atom stereocenters. The summed E-state index contributed by atoms with van der Waals surface area (Å²) in [6, 6.07) is 6.34. The average molecular weight is 274 g/mol. The third kappa shape index (κ3) is 3.89. The van der Waals surface area contributed by atoms with Gasteiger partial charge in [-0.2, -0.15) is 0 Å². The van der Waals surface area contributed by atoms with Gasteiger partial charge in [0.15, 0.2) is 0 Å². The first-order valence-corrected chi connectivity index (χ1v) is 5.51. The summed E-state index contributed by atoms with van der Waals surface area (Å²) in [6.07, 6.45) is 0.300. The standard InChI is InChI=1S/C10H12BrNO3/c11-6-15-8-3-1-2-7(4-8)5-9(12)10(13)14/h1-4,9H,5-6,12H2,(H,13,14). The molecule has 1 aromatic rings. The van der Waals surface area contributed by atoms with E-state index in [0.717, 1.165) is 5.56 Å². The summed E-state index contributed by atoms with van der Waals surface area (Å²) < 4.78 is 5.22. The van der Waals surface area contributed by atoms with E-state index in [4.69, 9.17) is 15.6 Å². The van der Waals surface area contributed by atoms with Gasteiger partial charge in [0.25, 0.3) is 0 Å². The maximum atomic E-state index is 10.6. The summed E-state index contributed by atoms with van der Waals surface area (Å²) in [7, 11) is 0. The van der Waals surface area contributed by atoms with Gasteiger partial charge in [-0.1, -0.05) is 12.1 Å². The van der Waals surface area contributed by atoms with E-state index in [9.17, 15) is 4.79 Å². The Bertz CT molecular complexity index is 343. The van der Waals surface area contributed by atoms with Crippen LogP contribution in [0.2, 0.25) is 0 Å². The molecule has 0 saturated heterocycles. The van der Waals surface area contributed by atoms with Gasteiger partial charge in [-0.25, -0.2) is 0 Å². The molecular weight excluding hydrogens is 262 g/mol. The van der Waals surface area contributed by atoms with Gasteiger partial charge in [-0.3, -0.25) is 4.79 Å². The quantitative estimate of drug-likeness (QED) is 0.795. The molecule has 4 nitrogen and oxygen atoms in total. The van der Waals surface area contributed by atoms with Gasteiger partial charge in [0, 0.05) is 0 Å². The van der Waals surface area contributed by atoms with Crippen LogP contribution in [0.1, 0.15) is 5.56 Å². The van der Waals surface area contributed by atoms with Crippen molar-refractivity contribution >= 4 is 21.9 Å². The lowest BCUT2D eigenvalue weighted by molar-refractivity contribution is -0.138. The van der Waals surface area contributed by atoms with Crippen molar-refractivity contribution in [3.05, 3.63) is 29.8 Å². The van der Waals surface area contributed by atoms with Gasteiger partial charge in [0.2, 0.25) is 0 Å². The van der Waals surface area contributed by atoms with E-state index >= 15 is 0 Å². The number of hydrogen-bond donors (Lipinski definition) is 2. The summed E-state index contributed by atoms with van der Waals surface area (Å²) in [4.78, 5) is 10.6. The van der Waals surface area contributed by atoms with Gasteiger partial charge in [0.05, 0.1) is 0 Å². The number of ether oxygens (including phenoxy) is 1. The number of alkyl halides is 1. The topological polar surface area (TPSA) is 72.5 Å². The Morgan fingerprint density at radius 1 is 1.60 bits per heavy atom. The number of benzene rings is 1. The minimum Gasteiger partial charge on any atom is -0.482 e. The molecule has 15 heavy (non-hydrogen) atoms. The molecule has 1 rings (SSSR count). The van der Waals surface area contributed by atoms with Crippen molar-refractivity contribution in [1.29, 1.82) is 0 Å². The normalized spacial score (nSPS) is 12.1. The van der Waals surface area contributed by atoms with Crippen LogP contribution < -0.4 is 10.5 Å². The molecule has 0 fully saturated rings. The molecule has 0 heterocycles. The number of rotatable bonds is 5. The van der Waals surface area contributed by atoms with E-state index < -0.39 is 12.0 Å². The molecule has 3 N–H and O–H groups in total. The Morgan fingerprint density at radius 2 is 2.33 bits per heavy atom. The van der Waals surface area contributed by atoms with Crippen LogP contribution in [-0.4, -0.2) is 22.6 Å². The summed E-state index contributed by atoms with van der Waals surface area (Å²) in [6.45, 7) is 0. The molecule has 0 bridgehead atoms. The highest BCUT2D eigenvalue weighted by molar-refractivity contribution is 9.09. The first kappa shape index (κ1) is 12.0. The van der Waals surface area contributed by atoms with Crippen LogP contribution in [0, 0.1) is 0 Å². The fourth-order valence-electron chi connectivity index (χ4n) is 1.17. The summed E-state index contributed by atoms with van der Waals surface area (Å²) in [5.41, 5.74) is 6.68. The fourth-order valence-corrected chi connectivity index (χ4v) is 1.43. The number of aliphatic carboxylic acids is 1. The van der Waals surface area contributed by atoms with E-state index in [2.05, 4.69) is 15.9 Å². The summed E-state index contributed by atoms with van der Waals surface area (Å²) in [5.74, 6) is -0.302. The first-order chi connectivity index (χ1) is 7.13. The van der Waals surface area contributed by atoms with E-state index in [-0.39, 0.29) is 0 Å². The Kier molecular flexibility index (Phi) is 4.58. The van der Waals surface area contributed by atoms with Crippen molar-refractivity contribution < 1.29 is 14.6 Å². The molecule has 0 aliphatic heterocycles. The van der Waals surface area contributed by atoms with Crippen molar-refractivity contribution in [3.8, 4) is 5.75 Å². The predicted molar refractivity (Wildman–Crippen MR) is 60.2 cm³/mol. The van der Waals surface area contributed by atoms with Crippen LogP contribution in [0.3, 0.4) is 0 Å². The second-order valence-electron chi connectivity index (χ2n) is 3.05. The lowest BCUT2D eigenvalue weighted by Gasteiger charge is -2.08. The fraction of sp³-hybridized carbons (Fsp3) is 0.300. The minimum atomic E-state index is -0.998. The zero-order valence-electron chi connectivity index (χ0n) is 8.02. The zero-order valence-corrected chi connectivity index (χ0v) is 9.61. The molecular formula is C10H12BrNO3. The highest BCUT2D eigenvalue weighted by Gasteiger charge is 2.12. The van der Waals surface area contributed by atoms with Crippen LogP contribution in [-0.2, 0) is 11.2 Å². The van der Waals surface area contributed by atoms with Gasteiger partial charge in [0.1, 0.15) is 17.3 Å². The minimum absolute atomic E-state index is 0.300. The summed E-state index contributed by atoms with van der Waals surface area (Å²) in [5, 5.41) is 8.65. The number of carbonyl (C=O) groups is 1. The lowest BCUT2D eigenvalue weighted by atomic mass is 10.1. The van der Waals surface area contributed by atoms with Crippen LogP contribution in [0.25, 0.3) is 0 Å². The Morgan fingerprint density at radius 3 is 2.93 bits per heavy atom. The van der Waals surface area contributed by atoms with Crippen molar-refractivity contribution in [2.24, 2.45) is 5.73 Å². The summed E-state index contributed by atoms with van der Waals surface area (Å²) >= 11 is 3.14. The Balaban J connectivity index is 2.68. The van der Waals surface area contributed by atoms with Crippen molar-refractivity contribution in [2.75, 3.05) is 5.52 Å². The molecule has 1 aromatic carbocycles. The largest absolute Gasteiger partial charge is 0.482 e. The van der Waals surface area contributed by atoms with E-state index in [1.807, 2.05) is 12.1 Å². The maximum Gasteiger partial charge on any atom is 0.320 e. The van der Waals surface area contributed by atoms with Crippen molar-refractivity contribution in [2.45, 2.75) is 12.5 Å². The molecule has 0 spiro atoms. The van der Waals surface area contributed by atoms with E-state index in [1.165, 1.54) is 0 Å². The van der Waals surface area contributed by atoms with Crippen LogP contribution in [0.4, 0.5) is 0 Å². The SMILES string of the molecule is NC(Cc1cccc(OCBr)c1)C(=O)O. The molecule has 0 saturated carbocycles. The van der Waals surface area contributed by atoms with Gasteiger partial charge < -0.3 is 15.6 Å². The monoisotopic (exact) mass is 273 g/mol. The number of hydrogen-bond acceptors (Lipinski definition) is 3. The molecule has 0 aliphatic rings. The third-order valence-corrected chi connectivity index (χ3v) is 2.12. The van der Waals surface area contributed by atoms with Crippen LogP contribution in [0.5, 0.6) is 5.75 Å². The molecule has 82 valence electrons. The molecule has 0 amide bonds. The molecule has 1 unspecified atom stereocenters.